The van der Waals surface area contributed by atoms with Crippen molar-refractivity contribution in [3.8, 4) is 17.2 Å². The van der Waals surface area contributed by atoms with E-state index < -0.39 is 80.3 Å². The molecule has 0 fully saturated rings. The number of hydrogen-bond acceptors (Lipinski definition) is 22. The van der Waals surface area contributed by atoms with E-state index in [0.29, 0.717) is 18.3 Å². The molecule has 41 heteroatoms. The molecule has 85 heavy (non-hydrogen) atoms. The summed E-state index contributed by atoms with van der Waals surface area (Å²) in [4.78, 5) is 103. The quantitative estimate of drug-likeness (QED) is 0.0234. The molecule has 6 aromatic rings. The van der Waals surface area contributed by atoms with E-state index >= 15 is 0 Å². The molecule has 2 atom stereocenters. The number of rotatable bonds is 7. The van der Waals surface area contributed by atoms with Crippen molar-refractivity contribution in [1.82, 2.24) is 19.7 Å². The second kappa shape index (κ2) is 65.4. The maximum atomic E-state index is 12.1. The number of aliphatic carboxylic acids is 2. The van der Waals surface area contributed by atoms with Gasteiger partial charge in [0.05, 0.1) is 11.8 Å². The van der Waals surface area contributed by atoms with Gasteiger partial charge in [0.25, 0.3) is 0 Å². The number of benzene rings is 4. The number of aromatic nitrogens is 4. The molecular weight excluding hydrogens is 1760 g/mol. The number of para-hydroxylation sites is 3. The van der Waals surface area contributed by atoms with Crippen LogP contribution < -0.4 is 27.5 Å². The van der Waals surface area contributed by atoms with Crippen molar-refractivity contribution in [2.75, 3.05) is 0 Å². The Morgan fingerprint density at radius 2 is 0.941 bits per heavy atom. The van der Waals surface area contributed by atoms with Gasteiger partial charge < -0.3 is 118 Å². The Morgan fingerprint density at radius 1 is 0.612 bits per heavy atom. The molecule has 2 unspecified atom stereocenters. The zero-order chi connectivity index (χ0) is 59.5. The number of aromatic hydroxyl groups is 3. The molecule has 23 N–H and O–H groups in total. The summed E-state index contributed by atoms with van der Waals surface area (Å²) >= 11 is -1.50. The molecule has 4 aromatic carbocycles. The van der Waals surface area contributed by atoms with Crippen LogP contribution in [0.3, 0.4) is 0 Å². The first kappa shape index (κ1) is 109. The Kier molecular flexibility index (Phi) is 83.6. The van der Waals surface area contributed by atoms with Gasteiger partial charge in [0.15, 0.2) is 23.0 Å². The number of aromatic amines is 2. The predicted octanol–water partition coefficient (Wildman–Crippen LogP) is 8.47. The van der Waals surface area contributed by atoms with Crippen molar-refractivity contribution in [3.05, 3.63) is 258 Å². The second-order valence-electron chi connectivity index (χ2n) is 13.9. The number of aromatic carboxylic acids is 1. The van der Waals surface area contributed by atoms with E-state index in [1.165, 1.54) is 29.8 Å². The number of carboxylic acid groups (broad SMARTS) is 3. The van der Waals surface area contributed by atoms with Crippen LogP contribution in [-0.2, 0) is 79.2 Å². The Balaban J connectivity index is -0.0000000632. The Morgan fingerprint density at radius 3 is 1.21 bits per heavy atom. The maximum absolute atomic E-state index is 12.1. The summed E-state index contributed by atoms with van der Waals surface area (Å²) in [5.41, 5.74) is -0.302. The minimum atomic E-state index is -1.50. The Labute approximate surface area is 531 Å². The van der Waals surface area contributed by atoms with E-state index in [1.807, 2.05) is 60.4 Å². The van der Waals surface area contributed by atoms with Gasteiger partial charge in [-0.05, 0) is 80.3 Å². The summed E-state index contributed by atoms with van der Waals surface area (Å²) in [6, 6.07) is 27.4. The van der Waals surface area contributed by atoms with Crippen LogP contribution in [0, 0.1) is 54.8 Å². The third-order valence-electron chi connectivity index (χ3n) is 8.10. The number of carboxylic acids is 3. The van der Waals surface area contributed by atoms with Gasteiger partial charge in [-0.1, -0.05) is 96.9 Å². The zero-order valence-corrected chi connectivity index (χ0v) is 53.5. The van der Waals surface area contributed by atoms with Crippen LogP contribution in [0.25, 0.3) is 36.9 Å². The number of nitrogens with two attached hydrogens (primary N) is 6. The average Bonchev–Trinajstić information content (AvgIpc) is 3.36. The molecule has 2 heterocycles. The van der Waals surface area contributed by atoms with Crippen LogP contribution in [0.15, 0.2) is 145 Å². The molecule has 0 aliphatic rings. The molecule has 2 aromatic heterocycles. The van der Waals surface area contributed by atoms with Gasteiger partial charge in [-0.3, -0.25) is 24.0 Å². The summed E-state index contributed by atoms with van der Waals surface area (Å²) in [6.45, 7) is 9.73. The molecule has 0 saturated carbocycles. The van der Waals surface area contributed by atoms with Gasteiger partial charge in [-0.2, -0.15) is 4.39 Å². The largest absolute Gasteiger partial charge is 2.00 e. The smallest absolute Gasteiger partial charge is 0.693 e. The number of phenols is 3. The Bertz CT molecular complexity index is 2870. The number of hydrogen-bond donors (Lipinski definition) is 11. The van der Waals surface area contributed by atoms with Crippen LogP contribution in [0.5, 0.6) is 17.2 Å². The van der Waals surface area contributed by atoms with Crippen molar-refractivity contribution in [1.29, 1.82) is 0 Å². The molecule has 490 valence electrons. The molecule has 0 aliphatic heterocycles. The van der Waals surface area contributed by atoms with Gasteiger partial charge in [-0.15, -0.1) is 16.0 Å². The number of nitrogens with zero attached hydrogens (tertiary/aromatic N) is 5. The van der Waals surface area contributed by atoms with Crippen molar-refractivity contribution >= 4 is 34.3 Å². The van der Waals surface area contributed by atoms with E-state index in [-0.39, 0.29) is 128 Å². The third kappa shape index (κ3) is 53.9. The minimum absolute atomic E-state index is 0. The number of H-pyrrole nitrogens is 2. The van der Waals surface area contributed by atoms with Crippen LogP contribution in [0.2, 0.25) is 0 Å². The van der Waals surface area contributed by atoms with E-state index in [0.717, 1.165) is 39.1 Å². The fourth-order valence-corrected chi connectivity index (χ4v) is 4.48. The van der Waals surface area contributed by atoms with Crippen LogP contribution in [0.4, 0.5) is 8.78 Å². The van der Waals surface area contributed by atoms with E-state index in [1.54, 1.807) is 43.1 Å². The monoisotopic (exact) mass is 1820 g/mol. The number of halogens is 2. The summed E-state index contributed by atoms with van der Waals surface area (Å²) < 4.78 is 38.2. The first-order valence-corrected chi connectivity index (χ1v) is 22.1. The molecule has 0 saturated heterocycles. The second-order valence-corrected chi connectivity index (χ2v) is 14.3. The van der Waals surface area contributed by atoms with Crippen LogP contribution in [-0.4, -0.2) is 93.1 Å². The van der Waals surface area contributed by atoms with E-state index in [2.05, 4.69) is 18.8 Å². The molecular formula is C44H62AsF2N13O22Pt3-6. The number of phenolic OH excluding ortho intramolecular Hbond substituents is 2. The van der Waals surface area contributed by atoms with Gasteiger partial charge in [0, 0.05) is 27.3 Å². The van der Waals surface area contributed by atoms with Crippen LogP contribution in [0.1, 0.15) is 72.1 Å². The number of carbonyl (C=O) groups is 3. The fourth-order valence-electron chi connectivity index (χ4n) is 4.48. The van der Waals surface area contributed by atoms with E-state index in [9.17, 15) is 42.3 Å². The molecule has 0 amide bonds. The van der Waals surface area contributed by atoms with Crippen molar-refractivity contribution in [2.24, 2.45) is 21.9 Å². The maximum Gasteiger partial charge on any atom is 2.00 e. The predicted molar refractivity (Wildman–Crippen MR) is 299 cm³/mol. The average molecular weight is 1820 g/mol. The van der Waals surface area contributed by atoms with Gasteiger partial charge in [0.1, 0.15) is 11.3 Å². The van der Waals surface area contributed by atoms with Crippen molar-refractivity contribution in [3.63, 3.8) is 0 Å². The summed E-state index contributed by atoms with van der Waals surface area (Å²) in [7, 11) is 0. The third-order valence-corrected chi connectivity index (χ3v) is 8.10. The standard InChI is InChI=1S/C13H18O2.C10H12O2.C7H6O3.C6H6O2.C4H3FN2O3.C4H3FN2O2.AsH3O2.3HNO2.6H2N.3Pt/c1-9(2)8-11-4-6-12(7-5-11)10(3)13(14)15;1-7-3-5-9(6-4-7)8(2)10(11)12;8-6-4-2-1-3-5(6)7(9)10;7-5-3-1-2-4-6(5)8;5-2-1-6-4(9)7(10)3(2)8;5-2-1-6-4(9)7-3(2)8;4*2-1-3;;;;;;;;;/h4-7,9-10H,8H2,1-3H3,(H,14,15);3-6,8H,1-2H3,(H,11,12);1-4,8H,(H,9,10);1-4,7-8H;1,10H,(H,6,9);1H,(H2,6,7,8,9);1-3H;3*(H,2,3);6*1H2;;;/q;;;;;;;;;;6*-1;;2*+2/p-4. The SMILES string of the molecule is CC(C)Cc1ccc(C(C)C(=O)O)cc1.Cc1ccc(C(C)C(=O)O)cc1.O=C(O)c1ccccc1O.O=N[O-].O=N[O-].O=N[O-].O=c1[n-]c(=O)c(F)c[nH]1.O=c1[nH]cc(F)c(=O)n1O.O[AsH]O.Oc1ccccc1O.[NH2-].[NH2-].[NH2-].[NH2-].[NH2-].[NH2-].[Pt+2].[Pt+2].[Pt]. The molecule has 0 bridgehead atoms. The van der Waals surface area contributed by atoms with Crippen molar-refractivity contribution < 1.29 is 130 Å². The molecule has 35 nitrogen and oxygen atoms in total. The van der Waals surface area contributed by atoms with Gasteiger partial charge >= 0.3 is 95.9 Å². The van der Waals surface area contributed by atoms with Crippen molar-refractivity contribution in [2.45, 2.75) is 52.9 Å². The number of aryl methyl sites for hydroxylation is 1. The molecule has 6 rings (SSSR count). The zero-order valence-electron chi connectivity index (χ0n) is 44.6. The summed E-state index contributed by atoms with van der Waals surface area (Å²) in [6.07, 6.45) is 2.30. The fraction of sp³-hybridized carbons (Fsp3) is 0.205. The topological polar surface area (TPSA) is 711 Å². The van der Waals surface area contributed by atoms with Gasteiger partial charge in [-0.25, -0.2) is 14.0 Å². The molecule has 0 spiro atoms. The normalized spacial score (nSPS) is 8.73. The number of nitrogens with one attached hydrogen (secondary N) is 2. The first-order valence-electron chi connectivity index (χ1n) is 20.2. The van der Waals surface area contributed by atoms with Crippen LogP contribution >= 0.6 is 0 Å². The summed E-state index contributed by atoms with van der Waals surface area (Å²) in [5.74, 6) is -5.47. The van der Waals surface area contributed by atoms with E-state index in [4.69, 9.17) is 74.4 Å². The summed E-state index contributed by atoms with van der Waals surface area (Å²) in [5, 5.41) is 87.6. The minimum Gasteiger partial charge on any atom is -0.693 e. The molecule has 0 aliphatic carbocycles. The van der Waals surface area contributed by atoms with Gasteiger partial charge in [0.2, 0.25) is 11.4 Å². The first-order chi connectivity index (χ1) is 35.6. The Hall–Kier alpha value is -7.79. The molecule has 0 radical (unpaired) electrons.